The molecule has 0 saturated carbocycles. The molecular formula is C57H104N8O11. The number of amides is 8. The molecule has 7 N–H and O–H groups in total. The van der Waals surface area contributed by atoms with Gasteiger partial charge in [0.1, 0.15) is 25.8 Å². The first-order chi connectivity index (χ1) is 36.9. The second-order valence-electron chi connectivity index (χ2n) is 20.7. The Bertz CT molecular complexity index is 1580. The van der Waals surface area contributed by atoms with Crippen molar-refractivity contribution in [3.63, 3.8) is 0 Å². The second kappa shape index (κ2) is 48.6. The number of carbonyl (C=O) groups is 9. The van der Waals surface area contributed by atoms with Gasteiger partial charge in [-0.05, 0) is 25.7 Å². The molecule has 1 aliphatic heterocycles. The molecule has 19 nitrogen and oxygen atoms in total. The van der Waals surface area contributed by atoms with Gasteiger partial charge in [-0.2, -0.15) is 0 Å². The summed E-state index contributed by atoms with van der Waals surface area (Å²) in [4.78, 5) is 114. The SMILES string of the molecule is CCCCCCCCCCCCCCCCCCN(CCCCCCCCCCCCCCCCCC)C(=O)COCC(=O)NCC(=O)NCC(=O)NCC(=O)N1CCC[C@H]1C(=O)NCC(=O)NCC(=O)NCC(=O)O. The van der Waals surface area contributed by atoms with Crippen molar-refractivity contribution in [1.29, 1.82) is 0 Å². The van der Waals surface area contributed by atoms with Crippen molar-refractivity contribution in [2.24, 2.45) is 0 Å². The normalized spacial score (nSPS) is 13.0. The monoisotopic (exact) mass is 1080 g/mol. The molecule has 1 rings (SSSR count). The van der Waals surface area contributed by atoms with E-state index in [4.69, 9.17) is 9.84 Å². The third kappa shape index (κ3) is 40.4. The Labute approximate surface area is 456 Å². The minimum atomic E-state index is -1.24. The van der Waals surface area contributed by atoms with Gasteiger partial charge in [-0.1, -0.05) is 206 Å². The number of carbonyl (C=O) groups excluding carboxylic acids is 8. The summed E-state index contributed by atoms with van der Waals surface area (Å²) in [5.41, 5.74) is 0. The van der Waals surface area contributed by atoms with E-state index in [1.807, 2.05) is 4.90 Å². The average Bonchev–Trinajstić information content (AvgIpc) is 3.91. The maximum absolute atomic E-state index is 13.3. The molecule has 19 heteroatoms. The summed E-state index contributed by atoms with van der Waals surface area (Å²) in [6.07, 6.45) is 41.9. The zero-order valence-electron chi connectivity index (χ0n) is 47.3. The lowest BCUT2D eigenvalue weighted by Crippen LogP contribution is -2.51. The topological polar surface area (TPSA) is 262 Å². The number of carboxylic acids is 1. The molecule has 0 radical (unpaired) electrons. The predicted octanol–water partition coefficient (Wildman–Crippen LogP) is 7.13. The van der Waals surface area contributed by atoms with Crippen LogP contribution in [0.5, 0.6) is 0 Å². The number of unbranched alkanes of at least 4 members (excludes halogenated alkanes) is 30. The number of aliphatic carboxylic acids is 1. The van der Waals surface area contributed by atoms with Crippen molar-refractivity contribution < 1.29 is 53.0 Å². The zero-order chi connectivity index (χ0) is 55.7. The molecule has 0 bridgehead atoms. The van der Waals surface area contributed by atoms with Gasteiger partial charge in [0.05, 0.1) is 32.7 Å². The number of ether oxygens (including phenoxy) is 1. The van der Waals surface area contributed by atoms with Gasteiger partial charge in [-0.15, -0.1) is 0 Å². The molecule has 1 aliphatic rings. The van der Waals surface area contributed by atoms with Crippen molar-refractivity contribution in [1.82, 2.24) is 41.7 Å². The van der Waals surface area contributed by atoms with E-state index >= 15 is 0 Å². The van der Waals surface area contributed by atoms with Gasteiger partial charge in [0.25, 0.3) is 0 Å². The molecule has 76 heavy (non-hydrogen) atoms. The first-order valence-corrected chi connectivity index (χ1v) is 29.9. The van der Waals surface area contributed by atoms with Gasteiger partial charge in [-0.3, -0.25) is 43.2 Å². The van der Waals surface area contributed by atoms with Crippen LogP contribution in [0.1, 0.15) is 232 Å². The second-order valence-corrected chi connectivity index (χ2v) is 20.7. The van der Waals surface area contributed by atoms with Crippen LogP contribution < -0.4 is 31.9 Å². The number of hydrogen-bond acceptors (Lipinski definition) is 10. The van der Waals surface area contributed by atoms with Crippen LogP contribution in [0.2, 0.25) is 0 Å². The predicted molar refractivity (Wildman–Crippen MR) is 297 cm³/mol. The van der Waals surface area contributed by atoms with Crippen LogP contribution in [-0.4, -0.2) is 146 Å². The maximum Gasteiger partial charge on any atom is 0.322 e. The molecule has 8 amide bonds. The van der Waals surface area contributed by atoms with E-state index in [0.29, 0.717) is 25.9 Å². The van der Waals surface area contributed by atoms with E-state index in [-0.39, 0.29) is 19.1 Å². The third-order valence-electron chi connectivity index (χ3n) is 13.9. The minimum absolute atomic E-state index is 0.151. The Hall–Kier alpha value is -4.81. The molecule has 438 valence electrons. The van der Waals surface area contributed by atoms with Gasteiger partial charge < -0.3 is 51.5 Å². The van der Waals surface area contributed by atoms with Crippen molar-refractivity contribution in [3.8, 4) is 0 Å². The summed E-state index contributed by atoms with van der Waals surface area (Å²) in [5, 5.41) is 22.5. The molecule has 1 atom stereocenters. The Morgan fingerprint density at radius 3 is 1.13 bits per heavy atom. The molecule has 0 spiro atoms. The summed E-state index contributed by atoms with van der Waals surface area (Å²) in [7, 11) is 0. The molecule has 0 aromatic rings. The lowest BCUT2D eigenvalue weighted by atomic mass is 10.0. The summed E-state index contributed by atoms with van der Waals surface area (Å²) in [6.45, 7) is 2.51. The van der Waals surface area contributed by atoms with Crippen LogP contribution in [0.25, 0.3) is 0 Å². The molecule has 0 unspecified atom stereocenters. The van der Waals surface area contributed by atoms with Gasteiger partial charge in [0.2, 0.25) is 47.3 Å². The first-order valence-electron chi connectivity index (χ1n) is 29.9. The molecule has 0 aromatic carbocycles. The van der Waals surface area contributed by atoms with E-state index in [2.05, 4.69) is 45.7 Å². The fraction of sp³-hybridized carbons (Fsp3) is 0.842. The van der Waals surface area contributed by atoms with Crippen LogP contribution in [0.4, 0.5) is 0 Å². The van der Waals surface area contributed by atoms with Gasteiger partial charge >= 0.3 is 5.97 Å². The van der Waals surface area contributed by atoms with Gasteiger partial charge in [0.15, 0.2) is 0 Å². The summed E-state index contributed by atoms with van der Waals surface area (Å²) >= 11 is 0. The van der Waals surface area contributed by atoms with Crippen LogP contribution >= 0.6 is 0 Å². The van der Waals surface area contributed by atoms with Crippen molar-refractivity contribution in [2.45, 2.75) is 238 Å². The Morgan fingerprint density at radius 1 is 0.421 bits per heavy atom. The number of nitrogens with one attached hydrogen (secondary N) is 6. The largest absolute Gasteiger partial charge is 0.480 e. The number of rotatable bonds is 51. The molecule has 1 saturated heterocycles. The fourth-order valence-corrected chi connectivity index (χ4v) is 9.30. The van der Waals surface area contributed by atoms with E-state index in [1.54, 1.807) is 0 Å². The minimum Gasteiger partial charge on any atom is -0.480 e. The highest BCUT2D eigenvalue weighted by Gasteiger charge is 2.34. The molecule has 1 fully saturated rings. The molecule has 0 aromatic heterocycles. The highest BCUT2D eigenvalue weighted by Crippen LogP contribution is 2.18. The van der Waals surface area contributed by atoms with Crippen LogP contribution in [0.15, 0.2) is 0 Å². The van der Waals surface area contributed by atoms with Crippen molar-refractivity contribution >= 4 is 53.2 Å². The van der Waals surface area contributed by atoms with E-state index in [1.165, 1.54) is 172 Å². The molecule has 1 heterocycles. The lowest BCUT2D eigenvalue weighted by molar-refractivity contribution is -0.139. The summed E-state index contributed by atoms with van der Waals surface area (Å²) in [5.74, 6) is -5.89. The number of carboxylic acid groups (broad SMARTS) is 1. The number of hydrogen-bond donors (Lipinski definition) is 7. The van der Waals surface area contributed by atoms with E-state index < -0.39 is 99.2 Å². The molecule has 0 aliphatic carbocycles. The third-order valence-corrected chi connectivity index (χ3v) is 13.9. The lowest BCUT2D eigenvalue weighted by Gasteiger charge is -2.24. The van der Waals surface area contributed by atoms with E-state index in [0.717, 1.165) is 38.5 Å². The summed E-state index contributed by atoms with van der Waals surface area (Å²) < 4.78 is 5.50. The van der Waals surface area contributed by atoms with Crippen LogP contribution in [0, 0.1) is 0 Å². The van der Waals surface area contributed by atoms with Gasteiger partial charge in [-0.25, -0.2) is 0 Å². The fourth-order valence-electron chi connectivity index (χ4n) is 9.30. The van der Waals surface area contributed by atoms with E-state index in [9.17, 15) is 43.2 Å². The number of likely N-dealkylation sites (tertiary alicyclic amines) is 1. The summed E-state index contributed by atoms with van der Waals surface area (Å²) in [6, 6.07) is -0.887. The highest BCUT2D eigenvalue weighted by molar-refractivity contribution is 5.94. The maximum atomic E-state index is 13.3. The Kier molecular flexibility index (Phi) is 44.2. The van der Waals surface area contributed by atoms with Crippen molar-refractivity contribution in [3.05, 3.63) is 0 Å². The zero-order valence-corrected chi connectivity index (χ0v) is 47.3. The van der Waals surface area contributed by atoms with Gasteiger partial charge in [0, 0.05) is 19.6 Å². The highest BCUT2D eigenvalue weighted by atomic mass is 16.5. The average molecular weight is 1080 g/mol. The van der Waals surface area contributed by atoms with Crippen LogP contribution in [0.3, 0.4) is 0 Å². The Balaban J connectivity index is 2.38. The van der Waals surface area contributed by atoms with Crippen LogP contribution in [-0.2, 0) is 47.9 Å². The first kappa shape index (κ1) is 69.2. The smallest absolute Gasteiger partial charge is 0.322 e. The standard InChI is InChI=1S/C57H104N8O11/c1-3-5-7-9-11-13-15-17-19-21-23-25-27-29-31-33-37-64(38-34-32-30-28-26-24-22-20-18-16-14-12-10-8-6-4-2)55(72)47-76-46-53(70)60-42-49(66)58-40-50(67)61-44-54(71)65-39-35-36-48(65)57(75)63-43-52(69)59-41-51(68)62-45-56(73)74/h48H,3-47H2,1-2H3,(H,58,66)(H,59,69)(H,60,70)(H,61,67)(H,62,68)(H,63,75)(H,73,74)/t48-/m0/s1. The number of nitrogens with zero attached hydrogens (tertiary/aromatic N) is 2. The quantitative estimate of drug-likeness (QED) is 0.0302. The molecular weight excluding hydrogens is 973 g/mol. The van der Waals surface area contributed by atoms with Crippen molar-refractivity contribution in [2.75, 3.05) is 72.1 Å². The Morgan fingerprint density at radius 2 is 0.750 bits per heavy atom.